The fraction of sp³-hybridized carbons (Fsp3) is 0.471. The Bertz CT molecular complexity index is 585. The molecule has 19 heavy (non-hydrogen) atoms. The van der Waals surface area contributed by atoms with E-state index in [2.05, 4.69) is 20.8 Å². The number of ketones is 1. The van der Waals surface area contributed by atoms with Crippen LogP contribution in [0.2, 0.25) is 0 Å². The smallest absolute Gasteiger partial charge is 0.165 e. The highest BCUT2D eigenvalue weighted by molar-refractivity contribution is 6.08. The molecule has 0 radical (unpaired) electrons. The third-order valence-corrected chi connectivity index (χ3v) is 5.67. The maximum atomic E-state index is 12.7. The molecule has 2 aliphatic carbocycles. The molecule has 0 amide bonds. The first-order chi connectivity index (χ1) is 8.88. The van der Waals surface area contributed by atoms with Crippen LogP contribution in [0.4, 0.5) is 5.69 Å². The summed E-state index contributed by atoms with van der Waals surface area (Å²) in [6.07, 6.45) is 4.16. The highest BCUT2D eigenvalue weighted by Crippen LogP contribution is 2.65. The first-order valence-corrected chi connectivity index (χ1v) is 6.99. The number of anilines is 1. The van der Waals surface area contributed by atoms with E-state index < -0.39 is 0 Å². The van der Waals surface area contributed by atoms with E-state index in [-0.39, 0.29) is 10.8 Å². The molecule has 0 aromatic heterocycles. The number of carbonyl (C=O) groups excluding carboxylic acids is 1. The molecule has 2 bridgehead atoms. The Morgan fingerprint density at radius 2 is 1.95 bits per heavy atom. The third-order valence-electron chi connectivity index (χ3n) is 5.67. The average molecular weight is 255 g/mol. The van der Waals surface area contributed by atoms with Crippen molar-refractivity contribution in [2.75, 3.05) is 5.73 Å². The summed E-state index contributed by atoms with van der Waals surface area (Å²) in [5.41, 5.74) is 8.57. The zero-order chi connectivity index (χ0) is 13.8. The molecule has 0 spiro atoms. The van der Waals surface area contributed by atoms with Gasteiger partial charge in [0.25, 0.3) is 0 Å². The lowest BCUT2D eigenvalue weighted by atomic mass is 9.70. The molecule has 2 saturated carbocycles. The van der Waals surface area contributed by atoms with Crippen LogP contribution in [0.25, 0.3) is 6.08 Å². The lowest BCUT2D eigenvalue weighted by molar-refractivity contribution is -0.125. The number of rotatable bonds is 1. The molecule has 1 aromatic carbocycles. The number of hydrogen-bond donors (Lipinski definition) is 1. The van der Waals surface area contributed by atoms with Crippen molar-refractivity contribution in [3.63, 3.8) is 0 Å². The Hall–Kier alpha value is -1.57. The zero-order valence-electron chi connectivity index (χ0n) is 11.9. The monoisotopic (exact) mass is 255 g/mol. The van der Waals surface area contributed by atoms with Gasteiger partial charge in [0.15, 0.2) is 5.78 Å². The second-order valence-corrected chi connectivity index (χ2v) is 6.70. The van der Waals surface area contributed by atoms with Gasteiger partial charge in [0.2, 0.25) is 0 Å². The Kier molecular flexibility index (Phi) is 2.44. The number of hydrogen-bond acceptors (Lipinski definition) is 2. The minimum Gasteiger partial charge on any atom is -0.398 e. The van der Waals surface area contributed by atoms with Gasteiger partial charge in [-0.25, -0.2) is 0 Å². The molecule has 2 aliphatic rings. The van der Waals surface area contributed by atoms with Crippen LogP contribution in [-0.2, 0) is 4.79 Å². The van der Waals surface area contributed by atoms with E-state index in [0.717, 1.165) is 29.7 Å². The van der Waals surface area contributed by atoms with Crippen LogP contribution in [0.1, 0.15) is 39.2 Å². The summed E-state index contributed by atoms with van der Waals surface area (Å²) in [5, 5.41) is 0. The van der Waals surface area contributed by atoms with E-state index in [9.17, 15) is 4.79 Å². The summed E-state index contributed by atoms with van der Waals surface area (Å²) < 4.78 is 0. The van der Waals surface area contributed by atoms with Crippen molar-refractivity contribution in [1.29, 1.82) is 0 Å². The van der Waals surface area contributed by atoms with Gasteiger partial charge in [-0.3, -0.25) is 4.79 Å². The van der Waals surface area contributed by atoms with Crippen LogP contribution in [0, 0.1) is 16.7 Å². The SMILES string of the molecule is CC12CCC(/C(=C/c3ccccc3N)C1=O)C2(C)C. The number of allylic oxidation sites excluding steroid dienone is 1. The number of fused-ring (bicyclic) bond motifs is 2. The lowest BCUT2D eigenvalue weighted by Gasteiger charge is -2.31. The van der Waals surface area contributed by atoms with Gasteiger partial charge in [0.05, 0.1) is 0 Å². The summed E-state index contributed by atoms with van der Waals surface area (Å²) in [6, 6.07) is 7.76. The van der Waals surface area contributed by atoms with E-state index in [1.54, 1.807) is 0 Å². The molecule has 2 N–H and O–H groups in total. The molecule has 100 valence electrons. The third kappa shape index (κ3) is 1.46. The molecule has 2 heteroatoms. The quantitative estimate of drug-likeness (QED) is 0.614. The highest BCUT2D eigenvalue weighted by atomic mass is 16.1. The van der Waals surface area contributed by atoms with E-state index in [0.29, 0.717) is 11.7 Å². The number of carbonyl (C=O) groups is 1. The summed E-state index contributed by atoms with van der Waals surface area (Å²) in [5.74, 6) is 0.710. The van der Waals surface area contributed by atoms with Crippen molar-refractivity contribution < 1.29 is 4.79 Å². The molecule has 2 atom stereocenters. The van der Waals surface area contributed by atoms with Gasteiger partial charge in [-0.2, -0.15) is 0 Å². The number of nitrogens with two attached hydrogens (primary N) is 1. The van der Waals surface area contributed by atoms with Gasteiger partial charge in [0.1, 0.15) is 0 Å². The first kappa shape index (κ1) is 12.5. The molecule has 1 aromatic rings. The maximum absolute atomic E-state index is 12.7. The topological polar surface area (TPSA) is 43.1 Å². The first-order valence-electron chi connectivity index (χ1n) is 6.99. The molecule has 2 fully saturated rings. The van der Waals surface area contributed by atoms with Gasteiger partial charge in [-0.1, -0.05) is 39.0 Å². The molecule has 2 unspecified atom stereocenters. The van der Waals surface area contributed by atoms with Crippen molar-refractivity contribution in [3.05, 3.63) is 35.4 Å². The minimum atomic E-state index is -0.187. The highest BCUT2D eigenvalue weighted by Gasteiger charge is 2.63. The van der Waals surface area contributed by atoms with Gasteiger partial charge in [0, 0.05) is 16.7 Å². The van der Waals surface area contributed by atoms with Crippen LogP contribution in [0.15, 0.2) is 29.8 Å². The van der Waals surface area contributed by atoms with Gasteiger partial charge in [-0.05, 0) is 41.9 Å². The summed E-state index contributed by atoms with van der Waals surface area (Å²) in [7, 11) is 0. The van der Waals surface area contributed by atoms with Crippen LogP contribution >= 0.6 is 0 Å². The van der Waals surface area contributed by atoms with E-state index >= 15 is 0 Å². The van der Waals surface area contributed by atoms with Gasteiger partial charge in [-0.15, -0.1) is 0 Å². The summed E-state index contributed by atoms with van der Waals surface area (Å²) in [4.78, 5) is 12.7. The van der Waals surface area contributed by atoms with Crippen LogP contribution in [0.3, 0.4) is 0 Å². The second-order valence-electron chi connectivity index (χ2n) is 6.70. The van der Waals surface area contributed by atoms with E-state index in [4.69, 9.17) is 5.73 Å². The average Bonchev–Trinajstić information content (AvgIpc) is 2.66. The van der Waals surface area contributed by atoms with E-state index in [1.807, 2.05) is 30.3 Å². The van der Waals surface area contributed by atoms with Gasteiger partial charge < -0.3 is 5.73 Å². The number of nitrogen functional groups attached to an aromatic ring is 1. The zero-order valence-corrected chi connectivity index (χ0v) is 11.9. The maximum Gasteiger partial charge on any atom is 0.165 e. The Morgan fingerprint density at radius 1 is 1.26 bits per heavy atom. The Labute approximate surface area is 114 Å². The second kappa shape index (κ2) is 3.72. The number of Topliss-reactive ketones (excluding diaryl/α,β-unsaturated/α-hetero) is 1. The number of para-hydroxylation sites is 1. The standard InChI is InChI=1S/C17H21NO/c1-16(2)13-8-9-17(16,3)15(19)12(13)10-11-6-4-5-7-14(11)18/h4-7,10,13H,8-9,18H2,1-3H3/b12-10-. The predicted octanol–water partition coefficient (Wildman–Crippen LogP) is 3.68. The predicted molar refractivity (Wildman–Crippen MR) is 78.5 cm³/mol. The van der Waals surface area contributed by atoms with Crippen molar-refractivity contribution in [3.8, 4) is 0 Å². The van der Waals surface area contributed by atoms with Crippen LogP contribution in [0.5, 0.6) is 0 Å². The molecular formula is C17H21NO. The van der Waals surface area contributed by atoms with Crippen molar-refractivity contribution >= 4 is 17.5 Å². The van der Waals surface area contributed by atoms with Crippen molar-refractivity contribution in [1.82, 2.24) is 0 Å². The molecule has 0 heterocycles. The van der Waals surface area contributed by atoms with Gasteiger partial charge >= 0.3 is 0 Å². The fourth-order valence-electron chi connectivity index (χ4n) is 3.90. The Morgan fingerprint density at radius 3 is 2.53 bits per heavy atom. The van der Waals surface area contributed by atoms with Crippen molar-refractivity contribution in [2.24, 2.45) is 16.7 Å². The minimum absolute atomic E-state index is 0.0689. The van der Waals surface area contributed by atoms with Crippen LogP contribution in [-0.4, -0.2) is 5.78 Å². The normalized spacial score (nSPS) is 34.2. The van der Waals surface area contributed by atoms with Crippen LogP contribution < -0.4 is 5.73 Å². The Balaban J connectivity index is 2.10. The summed E-state index contributed by atoms with van der Waals surface area (Å²) in [6.45, 7) is 6.60. The molecule has 3 rings (SSSR count). The molecule has 0 saturated heterocycles. The fourth-order valence-corrected chi connectivity index (χ4v) is 3.90. The van der Waals surface area contributed by atoms with Crippen molar-refractivity contribution in [2.45, 2.75) is 33.6 Å². The molecule has 0 aliphatic heterocycles. The largest absolute Gasteiger partial charge is 0.398 e. The molecular weight excluding hydrogens is 234 g/mol. The lowest BCUT2D eigenvalue weighted by Crippen LogP contribution is -2.32. The molecule has 2 nitrogen and oxygen atoms in total. The summed E-state index contributed by atoms with van der Waals surface area (Å²) >= 11 is 0. The number of benzene rings is 1. The van der Waals surface area contributed by atoms with E-state index in [1.165, 1.54) is 0 Å².